The number of carbonyl (C=O) groups is 1. The molecule has 1 fully saturated rings. The van der Waals surface area contributed by atoms with Crippen LogP contribution in [0.25, 0.3) is 0 Å². The van der Waals surface area contributed by atoms with Gasteiger partial charge in [0, 0.05) is 36.0 Å². The van der Waals surface area contributed by atoms with E-state index in [9.17, 15) is 13.2 Å². The highest BCUT2D eigenvalue weighted by Gasteiger charge is 2.27. The van der Waals surface area contributed by atoms with E-state index in [0.29, 0.717) is 36.0 Å². The van der Waals surface area contributed by atoms with Crippen LogP contribution in [0.15, 0.2) is 77.7 Å². The summed E-state index contributed by atoms with van der Waals surface area (Å²) < 4.78 is 32.9. The minimum atomic E-state index is -3.76. The molecule has 3 aromatic carbocycles. The number of anilines is 2. The van der Waals surface area contributed by atoms with Crippen LogP contribution in [0, 0.1) is 0 Å². The minimum absolute atomic E-state index is 0.0793. The third kappa shape index (κ3) is 5.40. The summed E-state index contributed by atoms with van der Waals surface area (Å²) in [4.78, 5) is 16.7. The van der Waals surface area contributed by atoms with E-state index in [0.717, 1.165) is 17.7 Å². The van der Waals surface area contributed by atoms with Crippen molar-refractivity contribution >= 4 is 39.0 Å². The summed E-state index contributed by atoms with van der Waals surface area (Å²) in [7, 11) is -2.15. The standard InChI is InChI=1S/C24H24ClN3O4S/c1-32-22-12-6-18(7-13-22)17-27-14-3-15-28(24(27)29)21-10-8-20(9-11-21)26-33(30,31)23-5-2-4-19(25)16-23/h2,4-13,16,26H,3,14-15,17H2,1H3. The number of nitrogens with zero attached hydrogens (tertiary/aromatic N) is 2. The number of amides is 2. The van der Waals surface area contributed by atoms with Crippen molar-refractivity contribution < 1.29 is 17.9 Å². The molecule has 3 aromatic rings. The van der Waals surface area contributed by atoms with Gasteiger partial charge in [-0.05, 0) is 66.6 Å². The van der Waals surface area contributed by atoms with Crippen molar-refractivity contribution in [1.29, 1.82) is 0 Å². The molecule has 4 rings (SSSR count). The number of methoxy groups -OCH3 is 1. The molecule has 172 valence electrons. The number of sulfonamides is 1. The quantitative estimate of drug-likeness (QED) is 0.511. The van der Waals surface area contributed by atoms with Gasteiger partial charge in [-0.2, -0.15) is 0 Å². The lowest BCUT2D eigenvalue weighted by Gasteiger charge is -2.35. The summed E-state index contributed by atoms with van der Waals surface area (Å²) in [5, 5.41) is 0.344. The molecule has 7 nitrogen and oxygen atoms in total. The molecular weight excluding hydrogens is 462 g/mol. The first kappa shape index (κ1) is 22.9. The zero-order chi connectivity index (χ0) is 23.4. The molecule has 33 heavy (non-hydrogen) atoms. The zero-order valence-corrected chi connectivity index (χ0v) is 19.6. The number of carbonyl (C=O) groups excluding carboxylic acids is 1. The molecule has 0 atom stereocenters. The van der Waals surface area contributed by atoms with Gasteiger partial charge in [-0.15, -0.1) is 0 Å². The summed E-state index contributed by atoms with van der Waals surface area (Å²) in [5.41, 5.74) is 2.14. The van der Waals surface area contributed by atoms with Crippen molar-refractivity contribution in [2.24, 2.45) is 0 Å². The molecule has 1 aliphatic rings. The first-order valence-corrected chi connectivity index (χ1v) is 12.3. The molecule has 0 saturated carbocycles. The largest absolute Gasteiger partial charge is 0.497 e. The first-order chi connectivity index (χ1) is 15.9. The van der Waals surface area contributed by atoms with E-state index in [2.05, 4.69) is 4.72 Å². The number of hydrogen-bond acceptors (Lipinski definition) is 4. The monoisotopic (exact) mass is 485 g/mol. The number of nitrogens with one attached hydrogen (secondary N) is 1. The Morgan fingerprint density at radius 2 is 1.73 bits per heavy atom. The molecule has 0 unspecified atom stereocenters. The highest BCUT2D eigenvalue weighted by molar-refractivity contribution is 7.92. The molecule has 9 heteroatoms. The lowest BCUT2D eigenvalue weighted by molar-refractivity contribution is 0.192. The Morgan fingerprint density at radius 1 is 1.00 bits per heavy atom. The maximum Gasteiger partial charge on any atom is 0.324 e. The average molecular weight is 486 g/mol. The van der Waals surface area contributed by atoms with Crippen LogP contribution >= 0.6 is 11.6 Å². The fourth-order valence-electron chi connectivity index (χ4n) is 3.68. The van der Waals surface area contributed by atoms with E-state index in [4.69, 9.17) is 16.3 Å². The highest BCUT2D eigenvalue weighted by Crippen LogP contribution is 2.25. The molecule has 1 saturated heterocycles. The lowest BCUT2D eigenvalue weighted by atomic mass is 10.1. The van der Waals surface area contributed by atoms with Crippen LogP contribution in [0.4, 0.5) is 16.2 Å². The van der Waals surface area contributed by atoms with Gasteiger partial charge in [0.05, 0.1) is 12.0 Å². The van der Waals surface area contributed by atoms with Crippen LogP contribution in [0.3, 0.4) is 0 Å². The Hall–Kier alpha value is -3.23. The number of halogens is 1. The van der Waals surface area contributed by atoms with Crippen molar-refractivity contribution in [3.05, 3.63) is 83.4 Å². The Bertz CT molecular complexity index is 1230. The number of urea groups is 1. The number of ether oxygens (including phenoxy) is 1. The Morgan fingerprint density at radius 3 is 2.39 bits per heavy atom. The summed E-state index contributed by atoms with van der Waals surface area (Å²) in [6.45, 7) is 1.79. The molecule has 1 aliphatic heterocycles. The number of benzene rings is 3. The summed E-state index contributed by atoms with van der Waals surface area (Å²) in [6, 6.07) is 20.4. The predicted molar refractivity (Wildman–Crippen MR) is 129 cm³/mol. The zero-order valence-electron chi connectivity index (χ0n) is 18.1. The Labute approximate surface area is 198 Å². The molecule has 0 aliphatic carbocycles. The van der Waals surface area contributed by atoms with Gasteiger partial charge >= 0.3 is 6.03 Å². The normalized spacial score (nSPS) is 14.3. The van der Waals surface area contributed by atoms with Crippen LogP contribution in [0.2, 0.25) is 5.02 Å². The molecule has 0 spiro atoms. The van der Waals surface area contributed by atoms with Gasteiger partial charge in [-0.25, -0.2) is 13.2 Å². The Balaban J connectivity index is 1.44. The van der Waals surface area contributed by atoms with Crippen molar-refractivity contribution in [3.63, 3.8) is 0 Å². The lowest BCUT2D eigenvalue weighted by Crippen LogP contribution is -2.49. The SMILES string of the molecule is COc1ccc(CN2CCCN(c3ccc(NS(=O)(=O)c4cccc(Cl)c4)cc3)C2=O)cc1. The fourth-order valence-corrected chi connectivity index (χ4v) is 5.04. The predicted octanol–water partition coefficient (Wildman–Crippen LogP) is 4.98. The van der Waals surface area contributed by atoms with E-state index >= 15 is 0 Å². The van der Waals surface area contributed by atoms with Crippen LogP contribution < -0.4 is 14.4 Å². The molecule has 1 heterocycles. The smallest absolute Gasteiger partial charge is 0.324 e. The highest BCUT2D eigenvalue weighted by atomic mass is 35.5. The second-order valence-corrected chi connectivity index (χ2v) is 9.79. The van der Waals surface area contributed by atoms with Crippen LogP contribution in [-0.4, -0.2) is 39.5 Å². The molecule has 0 bridgehead atoms. The summed E-state index contributed by atoms with van der Waals surface area (Å²) in [5.74, 6) is 0.774. The summed E-state index contributed by atoms with van der Waals surface area (Å²) in [6.07, 6.45) is 0.838. The van der Waals surface area contributed by atoms with Crippen molar-refractivity contribution in [2.45, 2.75) is 17.9 Å². The molecule has 0 aromatic heterocycles. The maximum atomic E-state index is 13.1. The van der Waals surface area contributed by atoms with Crippen molar-refractivity contribution in [1.82, 2.24) is 4.90 Å². The molecule has 1 N–H and O–H groups in total. The van der Waals surface area contributed by atoms with Crippen molar-refractivity contribution in [3.8, 4) is 5.75 Å². The molecular formula is C24H24ClN3O4S. The fraction of sp³-hybridized carbons (Fsp3) is 0.208. The van der Waals surface area contributed by atoms with Gasteiger partial charge in [0.2, 0.25) is 0 Å². The number of hydrogen-bond donors (Lipinski definition) is 1. The van der Waals surface area contributed by atoms with E-state index in [1.54, 1.807) is 53.3 Å². The van der Waals surface area contributed by atoms with Gasteiger partial charge in [-0.3, -0.25) is 9.62 Å². The first-order valence-electron chi connectivity index (χ1n) is 10.4. The van der Waals surface area contributed by atoms with Gasteiger partial charge in [0.1, 0.15) is 5.75 Å². The topological polar surface area (TPSA) is 79.0 Å². The van der Waals surface area contributed by atoms with Crippen LogP contribution in [-0.2, 0) is 16.6 Å². The average Bonchev–Trinajstić information content (AvgIpc) is 2.81. The van der Waals surface area contributed by atoms with Gasteiger partial charge in [0.25, 0.3) is 10.0 Å². The van der Waals surface area contributed by atoms with E-state index < -0.39 is 10.0 Å². The second kappa shape index (κ2) is 9.72. The Kier molecular flexibility index (Phi) is 6.76. The van der Waals surface area contributed by atoms with E-state index in [-0.39, 0.29) is 10.9 Å². The third-order valence-electron chi connectivity index (χ3n) is 5.38. The van der Waals surface area contributed by atoms with E-state index in [1.807, 2.05) is 24.3 Å². The third-order valence-corrected chi connectivity index (χ3v) is 7.00. The van der Waals surface area contributed by atoms with Crippen LogP contribution in [0.1, 0.15) is 12.0 Å². The van der Waals surface area contributed by atoms with Crippen LogP contribution in [0.5, 0.6) is 5.75 Å². The minimum Gasteiger partial charge on any atom is -0.497 e. The summed E-state index contributed by atoms with van der Waals surface area (Å²) >= 11 is 5.91. The number of rotatable bonds is 7. The van der Waals surface area contributed by atoms with Gasteiger partial charge in [-0.1, -0.05) is 29.8 Å². The van der Waals surface area contributed by atoms with E-state index in [1.165, 1.54) is 12.1 Å². The van der Waals surface area contributed by atoms with Gasteiger partial charge < -0.3 is 9.64 Å². The molecule has 0 radical (unpaired) electrons. The molecule has 2 amide bonds. The van der Waals surface area contributed by atoms with Crippen molar-refractivity contribution in [2.75, 3.05) is 29.8 Å². The maximum absolute atomic E-state index is 13.1. The van der Waals surface area contributed by atoms with Gasteiger partial charge in [0.15, 0.2) is 0 Å². The second-order valence-electron chi connectivity index (χ2n) is 7.67.